The third-order valence-electron chi connectivity index (χ3n) is 5.85. The van der Waals surface area contributed by atoms with E-state index in [-0.39, 0.29) is 11.9 Å². The van der Waals surface area contributed by atoms with Gasteiger partial charge in [-0.05, 0) is 48.9 Å². The number of hydrogen-bond donors (Lipinski definition) is 0. The van der Waals surface area contributed by atoms with E-state index in [0.29, 0.717) is 6.42 Å². The second-order valence-corrected chi connectivity index (χ2v) is 7.83. The number of benzene rings is 2. The molecule has 1 aromatic heterocycles. The summed E-state index contributed by atoms with van der Waals surface area (Å²) in [6.45, 7) is 5.28. The fraction of sp³-hybridized carbons (Fsp3) is 0.320. The molecule has 1 saturated heterocycles. The number of aryl methyl sites for hydroxylation is 1. The number of aromatic nitrogens is 1. The molecule has 0 bridgehead atoms. The topological polar surface area (TPSA) is 37.7 Å². The van der Waals surface area contributed by atoms with Crippen LogP contribution in [0.1, 0.15) is 23.6 Å². The van der Waals surface area contributed by atoms with E-state index in [9.17, 15) is 4.79 Å². The molecule has 1 unspecified atom stereocenters. The molecule has 3 aromatic rings. The van der Waals surface area contributed by atoms with Gasteiger partial charge >= 0.3 is 0 Å². The number of methoxy groups -OCH3 is 1. The van der Waals surface area contributed by atoms with E-state index in [2.05, 4.69) is 52.8 Å². The SMILES string of the molecule is COc1ccc(N2CCN(C(=O)CC(c3cccc(C)c3)n3cccc3)CC2)cc1. The van der Waals surface area contributed by atoms with Gasteiger partial charge in [0, 0.05) is 44.3 Å². The molecule has 5 nitrogen and oxygen atoms in total. The van der Waals surface area contributed by atoms with Crippen molar-refractivity contribution in [2.75, 3.05) is 38.2 Å². The van der Waals surface area contributed by atoms with E-state index in [1.165, 1.54) is 16.8 Å². The monoisotopic (exact) mass is 403 g/mol. The van der Waals surface area contributed by atoms with Crippen LogP contribution < -0.4 is 9.64 Å². The Balaban J connectivity index is 1.41. The molecular weight excluding hydrogens is 374 g/mol. The zero-order valence-electron chi connectivity index (χ0n) is 17.7. The van der Waals surface area contributed by atoms with Gasteiger partial charge in [0.1, 0.15) is 5.75 Å². The van der Waals surface area contributed by atoms with Crippen LogP contribution in [0.4, 0.5) is 5.69 Å². The van der Waals surface area contributed by atoms with Crippen LogP contribution in [0.3, 0.4) is 0 Å². The van der Waals surface area contributed by atoms with Gasteiger partial charge in [0.15, 0.2) is 0 Å². The summed E-state index contributed by atoms with van der Waals surface area (Å²) in [7, 11) is 1.68. The average Bonchev–Trinajstić information content (AvgIpc) is 3.32. The van der Waals surface area contributed by atoms with Gasteiger partial charge in [-0.1, -0.05) is 29.8 Å². The Morgan fingerprint density at radius 1 is 0.967 bits per heavy atom. The maximum atomic E-state index is 13.2. The molecule has 5 heteroatoms. The van der Waals surface area contributed by atoms with Crippen LogP contribution >= 0.6 is 0 Å². The molecular formula is C25H29N3O2. The fourth-order valence-electron chi connectivity index (χ4n) is 4.13. The molecule has 0 radical (unpaired) electrons. The van der Waals surface area contributed by atoms with Crippen molar-refractivity contribution in [1.29, 1.82) is 0 Å². The molecule has 2 aromatic carbocycles. The number of nitrogens with zero attached hydrogens (tertiary/aromatic N) is 3. The van der Waals surface area contributed by atoms with Gasteiger partial charge in [-0.15, -0.1) is 0 Å². The van der Waals surface area contributed by atoms with Gasteiger partial charge in [0.25, 0.3) is 0 Å². The van der Waals surface area contributed by atoms with Gasteiger partial charge < -0.3 is 19.1 Å². The van der Waals surface area contributed by atoms with Crippen molar-refractivity contribution < 1.29 is 9.53 Å². The predicted molar refractivity (Wildman–Crippen MR) is 120 cm³/mol. The van der Waals surface area contributed by atoms with Gasteiger partial charge in [0.05, 0.1) is 19.6 Å². The highest BCUT2D eigenvalue weighted by atomic mass is 16.5. The highest BCUT2D eigenvalue weighted by molar-refractivity contribution is 5.77. The first-order valence-electron chi connectivity index (χ1n) is 10.5. The van der Waals surface area contributed by atoms with Crippen LogP contribution in [-0.2, 0) is 4.79 Å². The summed E-state index contributed by atoms with van der Waals surface area (Å²) in [4.78, 5) is 17.5. The lowest BCUT2D eigenvalue weighted by Gasteiger charge is -2.37. The molecule has 1 fully saturated rings. The lowest BCUT2D eigenvalue weighted by Crippen LogP contribution is -2.49. The molecule has 1 amide bonds. The second kappa shape index (κ2) is 9.08. The van der Waals surface area contributed by atoms with E-state index in [1.54, 1.807) is 7.11 Å². The number of carbonyl (C=O) groups excluding carboxylic acids is 1. The minimum absolute atomic E-state index is 0.0204. The highest BCUT2D eigenvalue weighted by Crippen LogP contribution is 2.25. The van der Waals surface area contributed by atoms with Crippen molar-refractivity contribution >= 4 is 11.6 Å². The van der Waals surface area contributed by atoms with Crippen molar-refractivity contribution in [2.45, 2.75) is 19.4 Å². The lowest BCUT2D eigenvalue weighted by atomic mass is 10.0. The maximum Gasteiger partial charge on any atom is 0.225 e. The molecule has 0 saturated carbocycles. The van der Waals surface area contributed by atoms with Crippen LogP contribution in [0.15, 0.2) is 73.1 Å². The quantitative estimate of drug-likeness (QED) is 0.621. The summed E-state index contributed by atoms with van der Waals surface area (Å²) in [6, 6.07) is 20.6. The summed E-state index contributed by atoms with van der Waals surface area (Å²) < 4.78 is 7.38. The summed E-state index contributed by atoms with van der Waals surface area (Å²) in [5.74, 6) is 1.07. The molecule has 4 rings (SSSR count). The first kappa shape index (κ1) is 20.1. The van der Waals surface area contributed by atoms with Gasteiger partial charge in [-0.25, -0.2) is 0 Å². The summed E-state index contributed by atoms with van der Waals surface area (Å²) in [6.07, 6.45) is 4.56. The molecule has 0 spiro atoms. The second-order valence-electron chi connectivity index (χ2n) is 7.83. The molecule has 156 valence electrons. The van der Waals surface area contributed by atoms with Crippen molar-refractivity contribution in [3.05, 3.63) is 84.2 Å². The summed E-state index contributed by atoms with van der Waals surface area (Å²) in [5.41, 5.74) is 3.56. The highest BCUT2D eigenvalue weighted by Gasteiger charge is 2.25. The summed E-state index contributed by atoms with van der Waals surface area (Å²) in [5, 5.41) is 0. The summed E-state index contributed by atoms with van der Waals surface area (Å²) >= 11 is 0. The van der Waals surface area contributed by atoms with E-state index in [4.69, 9.17) is 4.74 Å². The molecule has 0 aliphatic carbocycles. The van der Waals surface area contributed by atoms with Crippen LogP contribution in [0.5, 0.6) is 5.75 Å². The zero-order valence-corrected chi connectivity index (χ0v) is 17.7. The molecule has 0 N–H and O–H groups in total. The zero-order chi connectivity index (χ0) is 20.9. The minimum Gasteiger partial charge on any atom is -0.497 e. The van der Waals surface area contributed by atoms with Crippen LogP contribution in [0.25, 0.3) is 0 Å². The number of hydrogen-bond acceptors (Lipinski definition) is 3. The van der Waals surface area contributed by atoms with Gasteiger partial charge in [-0.2, -0.15) is 0 Å². The van der Waals surface area contributed by atoms with E-state index < -0.39 is 0 Å². The normalized spacial score (nSPS) is 15.1. The Kier molecular flexibility index (Phi) is 6.07. The van der Waals surface area contributed by atoms with Gasteiger partial charge in [-0.3, -0.25) is 4.79 Å². The third-order valence-corrected chi connectivity index (χ3v) is 5.85. The van der Waals surface area contributed by atoms with Crippen molar-refractivity contribution in [2.24, 2.45) is 0 Å². The molecule has 30 heavy (non-hydrogen) atoms. The number of anilines is 1. The Morgan fingerprint density at radius 3 is 2.30 bits per heavy atom. The maximum absolute atomic E-state index is 13.2. The first-order valence-corrected chi connectivity index (χ1v) is 10.5. The smallest absolute Gasteiger partial charge is 0.225 e. The number of rotatable bonds is 6. The van der Waals surface area contributed by atoms with Crippen LogP contribution in [0, 0.1) is 6.92 Å². The van der Waals surface area contributed by atoms with E-state index in [1.807, 2.05) is 41.6 Å². The third kappa shape index (κ3) is 4.51. The first-order chi connectivity index (χ1) is 14.6. The van der Waals surface area contributed by atoms with E-state index in [0.717, 1.165) is 31.9 Å². The molecule has 1 aliphatic rings. The Bertz CT molecular complexity index is 958. The number of carbonyl (C=O) groups is 1. The number of piperazine rings is 1. The molecule has 1 aliphatic heterocycles. The van der Waals surface area contributed by atoms with Crippen LogP contribution in [0.2, 0.25) is 0 Å². The lowest BCUT2D eigenvalue weighted by molar-refractivity contribution is -0.132. The van der Waals surface area contributed by atoms with Crippen molar-refractivity contribution in [1.82, 2.24) is 9.47 Å². The van der Waals surface area contributed by atoms with E-state index >= 15 is 0 Å². The molecule has 2 heterocycles. The predicted octanol–water partition coefficient (Wildman–Crippen LogP) is 4.13. The number of amides is 1. The fourth-order valence-corrected chi connectivity index (χ4v) is 4.13. The van der Waals surface area contributed by atoms with Gasteiger partial charge in [0.2, 0.25) is 5.91 Å². The Morgan fingerprint density at radius 2 is 1.67 bits per heavy atom. The largest absolute Gasteiger partial charge is 0.497 e. The van der Waals surface area contributed by atoms with Crippen molar-refractivity contribution in [3.8, 4) is 5.75 Å². The number of ether oxygens (including phenoxy) is 1. The van der Waals surface area contributed by atoms with Crippen molar-refractivity contribution in [3.63, 3.8) is 0 Å². The Hall–Kier alpha value is -3.21. The van der Waals surface area contributed by atoms with Crippen LogP contribution in [-0.4, -0.2) is 48.7 Å². The molecule has 1 atom stereocenters. The Labute approximate surface area is 178 Å². The minimum atomic E-state index is 0.0204. The standard InChI is InChI=1S/C25H29N3O2/c1-20-6-5-7-21(18-20)24(27-12-3-4-13-27)19-25(29)28-16-14-26(15-17-28)22-8-10-23(30-2)11-9-22/h3-13,18,24H,14-17,19H2,1-2H3. The average molecular weight is 404 g/mol.